The van der Waals surface area contributed by atoms with E-state index >= 15 is 0 Å². The topological polar surface area (TPSA) is 3.24 Å². The molecule has 0 amide bonds. The molecule has 2 heteroatoms. The van der Waals surface area contributed by atoms with Gasteiger partial charge in [0.15, 0.2) is 0 Å². The molecule has 0 N–H and O–H groups in total. The first-order chi connectivity index (χ1) is 5.29. The van der Waals surface area contributed by atoms with E-state index in [1.807, 2.05) is 0 Å². The van der Waals surface area contributed by atoms with E-state index in [4.69, 9.17) is 0 Å². The van der Waals surface area contributed by atoms with Gasteiger partial charge in [-0.25, -0.2) is 0 Å². The van der Waals surface area contributed by atoms with E-state index in [1.54, 1.807) is 0 Å². The van der Waals surface area contributed by atoms with Gasteiger partial charge in [-0.05, 0) is 25.0 Å². The molecule has 0 fully saturated rings. The molecule has 0 saturated heterocycles. The summed E-state index contributed by atoms with van der Waals surface area (Å²) in [6.07, 6.45) is 1.15. The number of hydrogen-bond acceptors (Lipinski definition) is 1. The first-order valence-corrected chi connectivity index (χ1v) is 4.53. The van der Waals surface area contributed by atoms with Crippen LogP contribution in [0, 0.1) is 0 Å². The van der Waals surface area contributed by atoms with Gasteiger partial charge < -0.3 is 3.93 Å². The second-order valence-corrected chi connectivity index (χ2v) is 3.76. The lowest BCUT2D eigenvalue weighted by molar-refractivity contribution is 0.801. The smallest absolute Gasteiger partial charge is 0.0506 e. The van der Waals surface area contributed by atoms with E-state index in [2.05, 4.69) is 51.3 Å². The lowest BCUT2D eigenvalue weighted by atomic mass is 10.1. The molecule has 1 unspecified atom stereocenters. The van der Waals surface area contributed by atoms with Crippen molar-refractivity contribution in [1.82, 2.24) is 0 Å². The maximum Gasteiger partial charge on any atom is 0.0506 e. The molecule has 1 aromatic rings. The number of halogens is 1. The zero-order valence-corrected chi connectivity index (χ0v) is 8.01. The highest BCUT2D eigenvalue weighted by atomic mass is 79.9. The van der Waals surface area contributed by atoms with Gasteiger partial charge in [-0.2, -0.15) is 0 Å². The SMILES string of the molecule is CC1Cc2ccccc2N1Br. The van der Waals surface area contributed by atoms with Gasteiger partial charge in [0.25, 0.3) is 0 Å². The fourth-order valence-corrected chi connectivity index (χ4v) is 2.02. The molecule has 0 aliphatic carbocycles. The van der Waals surface area contributed by atoms with E-state index in [1.165, 1.54) is 11.3 Å². The summed E-state index contributed by atoms with van der Waals surface area (Å²) < 4.78 is 2.16. The fourth-order valence-electron chi connectivity index (χ4n) is 1.53. The highest BCUT2D eigenvalue weighted by Gasteiger charge is 2.22. The first kappa shape index (κ1) is 7.17. The Hall–Kier alpha value is -0.500. The third-order valence-corrected chi connectivity index (χ3v) is 3.21. The third kappa shape index (κ3) is 1.06. The predicted octanol–water partition coefficient (Wildman–Crippen LogP) is 2.75. The Morgan fingerprint density at radius 1 is 1.45 bits per heavy atom. The number of anilines is 1. The maximum absolute atomic E-state index is 3.54. The minimum atomic E-state index is 0.590. The molecular weight excluding hydrogens is 202 g/mol. The van der Waals surface area contributed by atoms with Gasteiger partial charge in [-0.3, -0.25) is 0 Å². The summed E-state index contributed by atoms with van der Waals surface area (Å²) in [7, 11) is 0. The molecule has 1 aliphatic rings. The predicted molar refractivity (Wildman–Crippen MR) is 51.0 cm³/mol. The van der Waals surface area contributed by atoms with Crippen LogP contribution in [0.1, 0.15) is 12.5 Å². The number of benzene rings is 1. The Morgan fingerprint density at radius 3 is 2.91 bits per heavy atom. The second kappa shape index (κ2) is 2.52. The van der Waals surface area contributed by atoms with Crippen LogP contribution in [0.4, 0.5) is 5.69 Å². The highest BCUT2D eigenvalue weighted by Crippen LogP contribution is 2.33. The van der Waals surface area contributed by atoms with Crippen LogP contribution < -0.4 is 3.93 Å². The Labute approximate surface area is 75.4 Å². The summed E-state index contributed by atoms with van der Waals surface area (Å²) >= 11 is 3.54. The summed E-state index contributed by atoms with van der Waals surface area (Å²) in [6, 6.07) is 9.09. The van der Waals surface area contributed by atoms with Crippen LogP contribution in [-0.4, -0.2) is 6.04 Å². The Balaban J connectivity index is 2.47. The number of hydrogen-bond donors (Lipinski definition) is 0. The van der Waals surface area contributed by atoms with Crippen LogP contribution in [0.2, 0.25) is 0 Å². The van der Waals surface area contributed by atoms with Crippen LogP contribution in [0.15, 0.2) is 24.3 Å². The van der Waals surface area contributed by atoms with Gasteiger partial charge in [0.05, 0.1) is 5.69 Å². The summed E-state index contributed by atoms with van der Waals surface area (Å²) in [5.74, 6) is 0. The standard InChI is InChI=1S/C9H10BrN/c1-7-6-8-4-2-3-5-9(8)11(7)10/h2-5,7H,6H2,1H3. The molecule has 2 rings (SSSR count). The minimum Gasteiger partial charge on any atom is -0.305 e. The summed E-state index contributed by atoms with van der Waals surface area (Å²) in [5, 5.41) is 0. The van der Waals surface area contributed by atoms with E-state index in [0.717, 1.165) is 6.42 Å². The second-order valence-electron chi connectivity index (χ2n) is 2.99. The molecule has 11 heavy (non-hydrogen) atoms. The number of fused-ring (bicyclic) bond motifs is 1. The van der Waals surface area contributed by atoms with E-state index < -0.39 is 0 Å². The van der Waals surface area contributed by atoms with Crippen LogP contribution in [0.25, 0.3) is 0 Å². The molecule has 0 radical (unpaired) electrons. The number of para-hydroxylation sites is 1. The molecule has 58 valence electrons. The Kier molecular flexibility index (Phi) is 1.64. The highest BCUT2D eigenvalue weighted by molar-refractivity contribution is 9.10. The monoisotopic (exact) mass is 211 g/mol. The molecule has 1 aliphatic heterocycles. The van der Waals surface area contributed by atoms with Crippen LogP contribution in [-0.2, 0) is 6.42 Å². The molecule has 1 nitrogen and oxygen atoms in total. The lowest BCUT2D eigenvalue weighted by Gasteiger charge is -2.14. The normalized spacial score (nSPS) is 22.0. The van der Waals surface area contributed by atoms with Crippen molar-refractivity contribution in [3.8, 4) is 0 Å². The van der Waals surface area contributed by atoms with Crippen LogP contribution in [0.5, 0.6) is 0 Å². The van der Waals surface area contributed by atoms with E-state index in [0.29, 0.717) is 6.04 Å². The number of rotatable bonds is 0. The van der Waals surface area contributed by atoms with Crippen molar-refractivity contribution < 1.29 is 0 Å². The van der Waals surface area contributed by atoms with Gasteiger partial charge in [0.2, 0.25) is 0 Å². The van der Waals surface area contributed by atoms with Crippen LogP contribution in [0.3, 0.4) is 0 Å². The van der Waals surface area contributed by atoms with Crippen molar-refractivity contribution in [2.75, 3.05) is 3.93 Å². The van der Waals surface area contributed by atoms with E-state index in [9.17, 15) is 0 Å². The largest absolute Gasteiger partial charge is 0.305 e. The van der Waals surface area contributed by atoms with Crippen molar-refractivity contribution >= 4 is 21.8 Å². The molecule has 1 atom stereocenters. The summed E-state index contributed by atoms with van der Waals surface area (Å²) in [5.41, 5.74) is 2.76. The van der Waals surface area contributed by atoms with Gasteiger partial charge in [0, 0.05) is 22.2 Å². The number of nitrogens with zero attached hydrogens (tertiary/aromatic N) is 1. The maximum atomic E-state index is 3.54. The zero-order chi connectivity index (χ0) is 7.84. The molecule has 0 bridgehead atoms. The van der Waals surface area contributed by atoms with Crippen molar-refractivity contribution in [3.05, 3.63) is 29.8 Å². The zero-order valence-electron chi connectivity index (χ0n) is 6.42. The van der Waals surface area contributed by atoms with Crippen LogP contribution >= 0.6 is 16.1 Å². The van der Waals surface area contributed by atoms with Gasteiger partial charge in [-0.1, -0.05) is 18.2 Å². The quantitative estimate of drug-likeness (QED) is 0.597. The molecular formula is C9H10BrN. The lowest BCUT2D eigenvalue weighted by Crippen LogP contribution is -2.17. The summed E-state index contributed by atoms with van der Waals surface area (Å²) in [4.78, 5) is 0. The molecule has 0 aromatic heterocycles. The van der Waals surface area contributed by atoms with Crippen molar-refractivity contribution in [3.63, 3.8) is 0 Å². The Morgan fingerprint density at radius 2 is 2.18 bits per heavy atom. The first-order valence-electron chi connectivity index (χ1n) is 3.82. The average molecular weight is 212 g/mol. The fraction of sp³-hybridized carbons (Fsp3) is 0.333. The molecule has 0 saturated carbocycles. The molecule has 1 heterocycles. The van der Waals surface area contributed by atoms with Crippen molar-refractivity contribution in [1.29, 1.82) is 0 Å². The molecule has 0 spiro atoms. The van der Waals surface area contributed by atoms with Gasteiger partial charge in [0.1, 0.15) is 0 Å². The van der Waals surface area contributed by atoms with Gasteiger partial charge in [-0.15, -0.1) is 0 Å². The Bertz CT molecular complexity index is 272. The van der Waals surface area contributed by atoms with E-state index in [-0.39, 0.29) is 0 Å². The van der Waals surface area contributed by atoms with Crippen molar-refractivity contribution in [2.45, 2.75) is 19.4 Å². The minimum absolute atomic E-state index is 0.590. The summed E-state index contributed by atoms with van der Waals surface area (Å²) in [6.45, 7) is 2.22. The average Bonchev–Trinajstić information content (AvgIpc) is 2.30. The van der Waals surface area contributed by atoms with Crippen molar-refractivity contribution in [2.24, 2.45) is 0 Å². The molecule has 1 aromatic carbocycles. The van der Waals surface area contributed by atoms with Gasteiger partial charge >= 0.3 is 0 Å². The third-order valence-electron chi connectivity index (χ3n) is 2.12.